The van der Waals surface area contributed by atoms with Gasteiger partial charge in [0.05, 0.1) is 30.4 Å². The zero-order valence-electron chi connectivity index (χ0n) is 9.49. The number of phenolic OH excluding ortho intramolecular Hbond substituents is 1. The maximum Gasteiger partial charge on any atom is 0.129 e. The number of ether oxygens (including phenoxy) is 2. The van der Waals surface area contributed by atoms with Crippen LogP contribution in [0, 0.1) is 0 Å². The third-order valence-corrected chi connectivity index (χ3v) is 3.23. The number of phenols is 1. The molecule has 0 saturated carbocycles. The monoisotopic (exact) mass is 301 g/mol. The predicted molar refractivity (Wildman–Crippen MR) is 68.1 cm³/mol. The molecule has 1 fully saturated rings. The molecule has 1 heterocycles. The summed E-state index contributed by atoms with van der Waals surface area (Å²) in [4.78, 5) is 0. The van der Waals surface area contributed by atoms with Gasteiger partial charge in [-0.25, -0.2) is 0 Å². The van der Waals surface area contributed by atoms with Gasteiger partial charge in [0.1, 0.15) is 5.75 Å². The molecule has 2 rings (SSSR count). The summed E-state index contributed by atoms with van der Waals surface area (Å²) in [6, 6.07) is 5.48. The van der Waals surface area contributed by atoms with Crippen LogP contribution >= 0.6 is 15.9 Å². The summed E-state index contributed by atoms with van der Waals surface area (Å²) < 4.78 is 11.6. The molecule has 1 aliphatic heterocycles. The SMILES string of the molecule is Oc1ccc(CNCC2COCCO2)cc1Br. The summed E-state index contributed by atoms with van der Waals surface area (Å²) in [7, 11) is 0. The quantitative estimate of drug-likeness (QED) is 0.888. The van der Waals surface area contributed by atoms with Gasteiger partial charge in [-0.05, 0) is 33.6 Å². The molecule has 0 amide bonds. The van der Waals surface area contributed by atoms with Crippen LogP contribution in [0.5, 0.6) is 5.75 Å². The molecule has 0 spiro atoms. The first-order valence-corrected chi connectivity index (χ1v) is 6.42. The molecule has 2 N–H and O–H groups in total. The summed E-state index contributed by atoms with van der Waals surface area (Å²) in [5.41, 5.74) is 1.12. The third kappa shape index (κ3) is 3.96. The highest BCUT2D eigenvalue weighted by Gasteiger charge is 2.13. The molecule has 1 atom stereocenters. The van der Waals surface area contributed by atoms with Crippen LogP contribution in [0.25, 0.3) is 0 Å². The highest BCUT2D eigenvalue weighted by atomic mass is 79.9. The zero-order valence-corrected chi connectivity index (χ0v) is 11.1. The van der Waals surface area contributed by atoms with Crippen LogP contribution in [0.15, 0.2) is 22.7 Å². The standard InChI is InChI=1S/C12H16BrNO3/c13-11-5-9(1-2-12(11)15)6-14-7-10-8-16-3-4-17-10/h1-2,5,10,14-15H,3-4,6-8H2. The molecule has 1 aromatic carbocycles. The largest absolute Gasteiger partial charge is 0.507 e. The summed E-state index contributed by atoms with van der Waals surface area (Å²) >= 11 is 3.29. The van der Waals surface area contributed by atoms with E-state index in [0.29, 0.717) is 24.3 Å². The van der Waals surface area contributed by atoms with Crippen LogP contribution < -0.4 is 5.32 Å². The lowest BCUT2D eigenvalue weighted by Crippen LogP contribution is -2.37. The van der Waals surface area contributed by atoms with E-state index in [-0.39, 0.29) is 11.9 Å². The molecule has 4 nitrogen and oxygen atoms in total. The number of halogens is 1. The van der Waals surface area contributed by atoms with Crippen LogP contribution in [-0.2, 0) is 16.0 Å². The molecule has 0 aliphatic carbocycles. The molecule has 94 valence electrons. The fourth-order valence-corrected chi connectivity index (χ4v) is 2.12. The molecule has 0 bridgehead atoms. The van der Waals surface area contributed by atoms with Crippen molar-refractivity contribution in [2.75, 3.05) is 26.4 Å². The molecule has 1 unspecified atom stereocenters. The van der Waals surface area contributed by atoms with E-state index in [4.69, 9.17) is 9.47 Å². The smallest absolute Gasteiger partial charge is 0.129 e. The van der Waals surface area contributed by atoms with Crippen molar-refractivity contribution in [2.24, 2.45) is 0 Å². The van der Waals surface area contributed by atoms with E-state index in [0.717, 1.165) is 18.7 Å². The lowest BCUT2D eigenvalue weighted by Gasteiger charge is -2.23. The summed E-state index contributed by atoms with van der Waals surface area (Å²) in [5.74, 6) is 0.262. The average molecular weight is 302 g/mol. The number of aromatic hydroxyl groups is 1. The van der Waals surface area contributed by atoms with Crippen molar-refractivity contribution in [1.82, 2.24) is 5.32 Å². The molecule has 1 aromatic rings. The highest BCUT2D eigenvalue weighted by Crippen LogP contribution is 2.24. The number of nitrogens with one attached hydrogen (secondary N) is 1. The number of hydrogen-bond donors (Lipinski definition) is 2. The van der Waals surface area contributed by atoms with Crippen molar-refractivity contribution in [1.29, 1.82) is 0 Å². The predicted octanol–water partition coefficient (Wildman–Crippen LogP) is 1.66. The number of hydrogen-bond acceptors (Lipinski definition) is 4. The maximum atomic E-state index is 9.37. The van der Waals surface area contributed by atoms with Crippen molar-refractivity contribution >= 4 is 15.9 Å². The molecule has 0 radical (unpaired) electrons. The van der Waals surface area contributed by atoms with Crippen molar-refractivity contribution < 1.29 is 14.6 Å². The second-order valence-electron chi connectivity index (χ2n) is 3.98. The van der Waals surface area contributed by atoms with Crippen LogP contribution in [0.2, 0.25) is 0 Å². The maximum absolute atomic E-state index is 9.37. The van der Waals surface area contributed by atoms with E-state index >= 15 is 0 Å². The summed E-state index contributed by atoms with van der Waals surface area (Å²) in [6.07, 6.45) is 0.143. The van der Waals surface area contributed by atoms with Gasteiger partial charge in [-0.3, -0.25) is 0 Å². The topological polar surface area (TPSA) is 50.7 Å². The first kappa shape index (κ1) is 12.8. The van der Waals surface area contributed by atoms with Crippen LogP contribution in [0.4, 0.5) is 0 Å². The van der Waals surface area contributed by atoms with Crippen LogP contribution in [-0.4, -0.2) is 37.6 Å². The Morgan fingerprint density at radius 3 is 3.00 bits per heavy atom. The lowest BCUT2D eigenvalue weighted by atomic mass is 10.2. The van der Waals surface area contributed by atoms with Gasteiger partial charge in [0, 0.05) is 13.1 Å². The Labute approximate surface area is 109 Å². The Kier molecular flexibility index (Phi) is 4.79. The van der Waals surface area contributed by atoms with Crippen molar-refractivity contribution in [3.8, 4) is 5.75 Å². The summed E-state index contributed by atoms with van der Waals surface area (Å²) in [6.45, 7) is 3.56. The molecule has 1 saturated heterocycles. The Morgan fingerprint density at radius 2 is 2.29 bits per heavy atom. The highest BCUT2D eigenvalue weighted by molar-refractivity contribution is 9.10. The minimum Gasteiger partial charge on any atom is -0.507 e. The molecular formula is C12H16BrNO3. The average Bonchev–Trinajstić information content (AvgIpc) is 2.35. The van der Waals surface area contributed by atoms with Crippen LogP contribution in [0.3, 0.4) is 0 Å². The van der Waals surface area contributed by atoms with Gasteiger partial charge >= 0.3 is 0 Å². The molecular weight excluding hydrogens is 286 g/mol. The Balaban J connectivity index is 1.75. The van der Waals surface area contributed by atoms with Gasteiger partial charge in [0.25, 0.3) is 0 Å². The second-order valence-corrected chi connectivity index (χ2v) is 4.84. The van der Waals surface area contributed by atoms with Crippen molar-refractivity contribution in [3.63, 3.8) is 0 Å². The molecule has 1 aliphatic rings. The normalized spacial score (nSPS) is 20.4. The van der Waals surface area contributed by atoms with E-state index in [1.807, 2.05) is 12.1 Å². The minimum absolute atomic E-state index is 0.143. The number of benzene rings is 1. The Bertz CT molecular complexity index is 367. The molecule has 5 heteroatoms. The van der Waals surface area contributed by atoms with Crippen LogP contribution in [0.1, 0.15) is 5.56 Å². The molecule has 17 heavy (non-hydrogen) atoms. The van der Waals surface area contributed by atoms with E-state index in [1.54, 1.807) is 6.07 Å². The fraction of sp³-hybridized carbons (Fsp3) is 0.500. The fourth-order valence-electron chi connectivity index (χ4n) is 1.69. The number of rotatable bonds is 4. The lowest BCUT2D eigenvalue weighted by molar-refractivity contribution is -0.0864. The first-order valence-electron chi connectivity index (χ1n) is 5.63. The van der Waals surface area contributed by atoms with E-state index in [9.17, 15) is 5.11 Å². The van der Waals surface area contributed by atoms with E-state index in [2.05, 4.69) is 21.2 Å². The van der Waals surface area contributed by atoms with Crippen molar-refractivity contribution in [2.45, 2.75) is 12.6 Å². The molecule has 0 aromatic heterocycles. The van der Waals surface area contributed by atoms with Gasteiger partial charge in [-0.2, -0.15) is 0 Å². The van der Waals surface area contributed by atoms with E-state index < -0.39 is 0 Å². The Morgan fingerprint density at radius 1 is 1.41 bits per heavy atom. The third-order valence-electron chi connectivity index (χ3n) is 2.60. The van der Waals surface area contributed by atoms with Gasteiger partial charge < -0.3 is 19.9 Å². The first-order chi connectivity index (χ1) is 8.25. The van der Waals surface area contributed by atoms with Crippen molar-refractivity contribution in [3.05, 3.63) is 28.2 Å². The minimum atomic E-state index is 0.143. The van der Waals surface area contributed by atoms with Gasteiger partial charge in [-0.1, -0.05) is 6.07 Å². The summed E-state index contributed by atoms with van der Waals surface area (Å²) in [5, 5.41) is 12.7. The Hall–Kier alpha value is -0.620. The van der Waals surface area contributed by atoms with Gasteiger partial charge in [-0.15, -0.1) is 0 Å². The van der Waals surface area contributed by atoms with Gasteiger partial charge in [0.15, 0.2) is 0 Å². The van der Waals surface area contributed by atoms with E-state index in [1.165, 1.54) is 0 Å². The second kappa shape index (κ2) is 6.35. The van der Waals surface area contributed by atoms with Gasteiger partial charge in [0.2, 0.25) is 0 Å². The zero-order chi connectivity index (χ0) is 12.1.